The summed E-state index contributed by atoms with van der Waals surface area (Å²) < 4.78 is 0. The summed E-state index contributed by atoms with van der Waals surface area (Å²) in [6.45, 7) is 13.1. The summed E-state index contributed by atoms with van der Waals surface area (Å²) in [5.41, 5.74) is 10.3. The monoisotopic (exact) mass is 688 g/mol. The molecule has 0 N–H and O–H groups in total. The lowest BCUT2D eigenvalue weighted by molar-refractivity contribution is 1.48. The van der Waals surface area contributed by atoms with Crippen LogP contribution >= 0.6 is 27.2 Å². The SMILES string of the molecule is Cc1ccc(-c2sc(-c3ccc(C)cc3)c(P(c3ccc(C)cc3)c3ccc(C)cc3)c2P(c2ccc(C)cc2)c2ccc(C)cc2)cc1. The van der Waals surface area contributed by atoms with Gasteiger partial charge in [0.25, 0.3) is 0 Å². The normalized spacial score (nSPS) is 11.4. The number of benzene rings is 6. The number of hydrogen-bond donors (Lipinski definition) is 0. The highest BCUT2D eigenvalue weighted by molar-refractivity contribution is 7.86. The fourth-order valence-electron chi connectivity index (χ4n) is 6.22. The average Bonchev–Trinajstić information content (AvgIpc) is 3.48. The molecule has 0 spiro atoms. The smallest absolute Gasteiger partial charge is 0.0439 e. The molecule has 0 saturated heterocycles. The van der Waals surface area contributed by atoms with Gasteiger partial charge in [-0.15, -0.1) is 11.3 Å². The van der Waals surface area contributed by atoms with Gasteiger partial charge in [0.05, 0.1) is 0 Å². The Morgan fingerprint density at radius 3 is 0.714 bits per heavy atom. The lowest BCUT2D eigenvalue weighted by Crippen LogP contribution is -2.34. The molecule has 0 unspecified atom stereocenters. The summed E-state index contributed by atoms with van der Waals surface area (Å²) in [4.78, 5) is 2.76. The van der Waals surface area contributed by atoms with Crippen LogP contribution in [0.4, 0.5) is 0 Å². The maximum Gasteiger partial charge on any atom is 0.0439 e. The minimum Gasteiger partial charge on any atom is -0.134 e. The van der Waals surface area contributed by atoms with Crippen LogP contribution in [0.3, 0.4) is 0 Å². The number of hydrogen-bond acceptors (Lipinski definition) is 1. The van der Waals surface area contributed by atoms with E-state index in [2.05, 4.69) is 187 Å². The first-order valence-electron chi connectivity index (χ1n) is 16.9. The Kier molecular flexibility index (Phi) is 9.80. The Hall–Kier alpha value is -4.12. The van der Waals surface area contributed by atoms with Crippen molar-refractivity contribution in [2.75, 3.05) is 0 Å². The van der Waals surface area contributed by atoms with E-state index in [9.17, 15) is 0 Å². The van der Waals surface area contributed by atoms with Gasteiger partial charge < -0.3 is 0 Å². The molecule has 0 aliphatic rings. The van der Waals surface area contributed by atoms with Gasteiger partial charge in [0, 0.05) is 20.4 Å². The third-order valence-corrected chi connectivity index (χ3v) is 15.9. The van der Waals surface area contributed by atoms with Crippen molar-refractivity contribution < 1.29 is 0 Å². The van der Waals surface area contributed by atoms with Gasteiger partial charge >= 0.3 is 0 Å². The minimum atomic E-state index is -0.918. The Bertz CT molecular complexity index is 1920. The molecule has 0 radical (unpaired) electrons. The van der Waals surface area contributed by atoms with Crippen LogP contribution < -0.4 is 31.8 Å². The second kappa shape index (κ2) is 14.4. The summed E-state index contributed by atoms with van der Waals surface area (Å²) in [7, 11) is -1.84. The highest BCUT2D eigenvalue weighted by Gasteiger charge is 2.34. The standard InChI is InChI=1S/C46H42P2S/c1-31-7-19-37(20-8-31)45-43(47(39-23-11-33(3)12-24-39)40-25-13-34(4)14-26-40)44(46(49-45)38-21-9-32(2)10-22-38)48(41-27-15-35(5)16-28-41)42-29-17-36(6)18-30-42/h7-30H,1-6H3. The van der Waals surface area contributed by atoms with Gasteiger partial charge in [0.15, 0.2) is 0 Å². The molecule has 7 rings (SSSR count). The van der Waals surface area contributed by atoms with E-state index in [1.165, 1.54) is 86.1 Å². The zero-order valence-corrected chi connectivity index (χ0v) is 31.8. The fraction of sp³-hybridized carbons (Fsp3) is 0.130. The summed E-state index contributed by atoms with van der Waals surface area (Å²) in [5.74, 6) is 0. The molecular weight excluding hydrogens is 647 g/mol. The number of thiophene rings is 1. The van der Waals surface area contributed by atoms with Crippen molar-refractivity contribution in [1.82, 2.24) is 0 Å². The molecule has 1 aromatic heterocycles. The van der Waals surface area contributed by atoms with E-state index in [1.807, 2.05) is 11.3 Å². The second-order valence-corrected chi connectivity index (χ2v) is 18.5. The van der Waals surface area contributed by atoms with Gasteiger partial charge in [-0.3, -0.25) is 0 Å². The molecule has 49 heavy (non-hydrogen) atoms. The summed E-state index contributed by atoms with van der Waals surface area (Å²) >= 11 is 1.98. The van der Waals surface area contributed by atoms with E-state index in [0.717, 1.165) is 0 Å². The first kappa shape index (κ1) is 33.4. The molecule has 0 aliphatic heterocycles. The van der Waals surface area contributed by atoms with Crippen molar-refractivity contribution in [2.24, 2.45) is 0 Å². The number of rotatable bonds is 8. The van der Waals surface area contributed by atoms with E-state index < -0.39 is 15.8 Å². The topological polar surface area (TPSA) is 0 Å². The minimum absolute atomic E-state index is 0.918. The van der Waals surface area contributed by atoms with Crippen LogP contribution in [0.25, 0.3) is 20.9 Å². The first-order chi connectivity index (χ1) is 23.7. The molecule has 0 bridgehead atoms. The van der Waals surface area contributed by atoms with Crippen LogP contribution in [0.15, 0.2) is 146 Å². The number of aryl methyl sites for hydroxylation is 6. The van der Waals surface area contributed by atoms with Gasteiger partial charge in [-0.25, -0.2) is 0 Å². The van der Waals surface area contributed by atoms with Gasteiger partial charge in [-0.2, -0.15) is 0 Å². The average molecular weight is 689 g/mol. The third-order valence-electron chi connectivity index (χ3n) is 9.10. The molecule has 242 valence electrons. The zero-order valence-electron chi connectivity index (χ0n) is 29.2. The van der Waals surface area contributed by atoms with Gasteiger partial charge in [-0.05, 0) is 89.7 Å². The molecule has 3 heteroatoms. The molecule has 0 aliphatic carbocycles. The maximum atomic E-state index is 2.38. The van der Waals surface area contributed by atoms with Crippen LogP contribution in [0, 0.1) is 41.5 Å². The molecule has 1 heterocycles. The van der Waals surface area contributed by atoms with Gasteiger partial charge in [0.1, 0.15) is 0 Å². The molecule has 0 fully saturated rings. The van der Waals surface area contributed by atoms with Crippen LogP contribution in [-0.2, 0) is 0 Å². The van der Waals surface area contributed by atoms with E-state index >= 15 is 0 Å². The fourth-order valence-corrected chi connectivity index (χ4v) is 13.6. The summed E-state index contributed by atoms with van der Waals surface area (Å²) in [6, 6.07) is 55.8. The molecule has 0 saturated carbocycles. The van der Waals surface area contributed by atoms with Crippen LogP contribution in [0.5, 0.6) is 0 Å². The van der Waals surface area contributed by atoms with Crippen molar-refractivity contribution in [1.29, 1.82) is 0 Å². The van der Waals surface area contributed by atoms with Crippen molar-refractivity contribution in [3.63, 3.8) is 0 Å². The van der Waals surface area contributed by atoms with Gasteiger partial charge in [-0.1, -0.05) is 179 Å². The highest BCUT2D eigenvalue weighted by atomic mass is 32.1. The van der Waals surface area contributed by atoms with Crippen molar-refractivity contribution >= 4 is 59.0 Å². The molecule has 7 aromatic rings. The zero-order chi connectivity index (χ0) is 34.1. The van der Waals surface area contributed by atoms with Crippen LogP contribution in [0.1, 0.15) is 33.4 Å². The highest BCUT2D eigenvalue weighted by Crippen LogP contribution is 2.49. The molecule has 0 atom stereocenters. The van der Waals surface area contributed by atoms with Gasteiger partial charge in [0.2, 0.25) is 0 Å². The third kappa shape index (κ3) is 7.13. The molecule has 6 aromatic carbocycles. The Balaban J connectivity index is 1.65. The summed E-state index contributed by atoms with van der Waals surface area (Å²) in [6.07, 6.45) is 0. The predicted octanol–water partition coefficient (Wildman–Crippen LogP) is 10.4. The van der Waals surface area contributed by atoms with E-state index in [1.54, 1.807) is 0 Å². The quantitative estimate of drug-likeness (QED) is 0.139. The van der Waals surface area contributed by atoms with Crippen LogP contribution in [0.2, 0.25) is 0 Å². The second-order valence-electron chi connectivity index (χ2n) is 13.2. The first-order valence-corrected chi connectivity index (χ1v) is 20.4. The summed E-state index contributed by atoms with van der Waals surface area (Å²) in [5, 5.41) is 8.51. The molecule has 0 amide bonds. The predicted molar refractivity (Wildman–Crippen MR) is 221 cm³/mol. The van der Waals surface area contributed by atoms with Crippen molar-refractivity contribution in [3.05, 3.63) is 179 Å². The van der Waals surface area contributed by atoms with E-state index in [0.29, 0.717) is 0 Å². The van der Waals surface area contributed by atoms with E-state index in [-0.39, 0.29) is 0 Å². The lowest BCUT2D eigenvalue weighted by atomic mass is 10.1. The Morgan fingerprint density at radius 2 is 0.490 bits per heavy atom. The van der Waals surface area contributed by atoms with Crippen molar-refractivity contribution in [2.45, 2.75) is 41.5 Å². The lowest BCUT2D eigenvalue weighted by Gasteiger charge is -2.27. The largest absolute Gasteiger partial charge is 0.134 e. The Morgan fingerprint density at radius 1 is 0.286 bits per heavy atom. The van der Waals surface area contributed by atoms with E-state index in [4.69, 9.17) is 0 Å². The maximum absolute atomic E-state index is 2.38. The van der Waals surface area contributed by atoms with Crippen molar-refractivity contribution in [3.8, 4) is 20.9 Å². The molecule has 0 nitrogen and oxygen atoms in total. The Labute approximate surface area is 299 Å². The van der Waals surface area contributed by atoms with Crippen LogP contribution in [-0.4, -0.2) is 0 Å². The molecular formula is C46H42P2S.